The van der Waals surface area contributed by atoms with E-state index in [2.05, 4.69) is 0 Å². The normalized spacial score (nSPS) is 9.33. The molecule has 0 aromatic heterocycles. The molecule has 0 aliphatic carbocycles. The zero-order chi connectivity index (χ0) is 9.97. The van der Waals surface area contributed by atoms with E-state index in [4.69, 9.17) is 11.5 Å². The second kappa shape index (κ2) is 5.21. The summed E-state index contributed by atoms with van der Waals surface area (Å²) in [6.45, 7) is 0. The zero-order valence-electron chi connectivity index (χ0n) is 7.77. The summed E-state index contributed by atoms with van der Waals surface area (Å²) in [5.74, 6) is 0. The first kappa shape index (κ1) is 12.1. The third kappa shape index (κ3) is 2.99. The molecule has 0 bridgehead atoms. The van der Waals surface area contributed by atoms with Crippen molar-refractivity contribution in [2.75, 3.05) is 11.5 Å². The van der Waals surface area contributed by atoms with Crippen LogP contribution < -0.4 is 11.5 Å². The van der Waals surface area contributed by atoms with Crippen LogP contribution in [0.1, 0.15) is 0 Å². The van der Waals surface area contributed by atoms with Gasteiger partial charge in [-0.1, -0.05) is 24.3 Å². The van der Waals surface area contributed by atoms with Gasteiger partial charge >= 0.3 is 29.6 Å². The van der Waals surface area contributed by atoms with Gasteiger partial charge in [0.1, 0.15) is 0 Å². The summed E-state index contributed by atoms with van der Waals surface area (Å²) in [6.07, 6.45) is 0. The van der Waals surface area contributed by atoms with Crippen molar-refractivity contribution in [2.45, 2.75) is 0 Å². The van der Waals surface area contributed by atoms with Crippen LogP contribution >= 0.6 is 0 Å². The molecule has 72 valence electrons. The van der Waals surface area contributed by atoms with Crippen molar-refractivity contribution >= 4 is 40.9 Å². The van der Waals surface area contributed by atoms with Crippen molar-refractivity contribution in [3.63, 3.8) is 0 Å². The summed E-state index contributed by atoms with van der Waals surface area (Å²) in [7, 11) is 0. The van der Waals surface area contributed by atoms with Gasteiger partial charge < -0.3 is 11.5 Å². The third-order valence-electron chi connectivity index (χ3n) is 2.15. The van der Waals surface area contributed by atoms with Gasteiger partial charge in [0.2, 0.25) is 0 Å². The predicted molar refractivity (Wildman–Crippen MR) is 67.9 cm³/mol. The number of rotatable bonds is 1. The summed E-state index contributed by atoms with van der Waals surface area (Å²) in [5.41, 5.74) is 15.1. The van der Waals surface area contributed by atoms with Gasteiger partial charge in [0, 0.05) is 11.4 Å². The fourth-order valence-corrected chi connectivity index (χ4v) is 1.35. The number of anilines is 2. The third-order valence-corrected chi connectivity index (χ3v) is 2.15. The van der Waals surface area contributed by atoms with E-state index < -0.39 is 0 Å². The maximum absolute atomic E-state index is 5.61. The molecule has 0 saturated carbocycles. The standard InChI is InChI=1S/C12H12N2.Na.H/c13-11-5-1-9(2-6-11)10-3-7-12(14)8-4-10;;/h1-8H,13-14H2;;. The molecular weight excluding hydrogens is 195 g/mol. The summed E-state index contributed by atoms with van der Waals surface area (Å²) >= 11 is 0. The molecule has 0 unspecified atom stereocenters. The number of benzene rings is 2. The molecule has 0 saturated heterocycles. The van der Waals surface area contributed by atoms with Crippen LogP contribution in [0.5, 0.6) is 0 Å². The van der Waals surface area contributed by atoms with E-state index in [-0.39, 0.29) is 29.6 Å². The van der Waals surface area contributed by atoms with Gasteiger partial charge in [-0.15, -0.1) is 0 Å². The molecule has 4 N–H and O–H groups in total. The summed E-state index contributed by atoms with van der Waals surface area (Å²) in [5, 5.41) is 0. The molecule has 2 aromatic carbocycles. The van der Waals surface area contributed by atoms with E-state index >= 15 is 0 Å². The molecule has 0 atom stereocenters. The van der Waals surface area contributed by atoms with Gasteiger partial charge in [-0.25, -0.2) is 0 Å². The summed E-state index contributed by atoms with van der Waals surface area (Å²) < 4.78 is 0. The molecule has 3 heteroatoms. The number of nitrogens with two attached hydrogens (primary N) is 2. The zero-order valence-corrected chi connectivity index (χ0v) is 7.77. The Balaban J connectivity index is 0.00000112. The van der Waals surface area contributed by atoms with Gasteiger partial charge in [0.25, 0.3) is 0 Å². The van der Waals surface area contributed by atoms with Crippen LogP contribution in [0.15, 0.2) is 48.5 Å². The average molecular weight is 208 g/mol. The Morgan fingerprint density at radius 3 is 1.07 bits per heavy atom. The maximum atomic E-state index is 5.61. The van der Waals surface area contributed by atoms with Crippen LogP contribution in [0, 0.1) is 0 Å². The first-order valence-corrected chi connectivity index (χ1v) is 4.47. The van der Waals surface area contributed by atoms with Crippen molar-refractivity contribution in [3.8, 4) is 11.1 Å². The Bertz CT molecular complexity index is 377. The molecule has 2 rings (SSSR count). The van der Waals surface area contributed by atoms with E-state index in [1.165, 1.54) is 0 Å². The molecule has 0 aliphatic heterocycles. The number of hydrogen-bond donors (Lipinski definition) is 2. The molecule has 0 heterocycles. The molecule has 0 fully saturated rings. The average Bonchev–Trinajstić information content (AvgIpc) is 2.21. The molecule has 2 nitrogen and oxygen atoms in total. The molecule has 15 heavy (non-hydrogen) atoms. The van der Waals surface area contributed by atoms with E-state index in [0.717, 1.165) is 22.5 Å². The Kier molecular flexibility index (Phi) is 4.21. The molecule has 2 aromatic rings. The fourth-order valence-electron chi connectivity index (χ4n) is 1.35. The van der Waals surface area contributed by atoms with Gasteiger partial charge in [0.15, 0.2) is 0 Å². The first-order valence-electron chi connectivity index (χ1n) is 4.47. The van der Waals surface area contributed by atoms with Crippen molar-refractivity contribution in [1.82, 2.24) is 0 Å². The SMILES string of the molecule is Nc1ccc(-c2ccc(N)cc2)cc1.[NaH]. The Morgan fingerprint density at radius 2 is 0.800 bits per heavy atom. The second-order valence-corrected chi connectivity index (χ2v) is 3.24. The van der Waals surface area contributed by atoms with Crippen LogP contribution in [0.4, 0.5) is 11.4 Å². The van der Waals surface area contributed by atoms with Gasteiger partial charge in [0.05, 0.1) is 0 Å². The van der Waals surface area contributed by atoms with E-state index in [9.17, 15) is 0 Å². The van der Waals surface area contributed by atoms with Crippen molar-refractivity contribution in [3.05, 3.63) is 48.5 Å². The van der Waals surface area contributed by atoms with Gasteiger partial charge in [-0.2, -0.15) is 0 Å². The fraction of sp³-hybridized carbons (Fsp3) is 0. The predicted octanol–water partition coefficient (Wildman–Crippen LogP) is 1.87. The molecule has 0 amide bonds. The van der Waals surface area contributed by atoms with Crippen molar-refractivity contribution in [2.24, 2.45) is 0 Å². The Hall–Kier alpha value is -0.960. The van der Waals surface area contributed by atoms with E-state index in [1.54, 1.807) is 0 Å². The van der Waals surface area contributed by atoms with Crippen molar-refractivity contribution in [1.29, 1.82) is 0 Å². The van der Waals surface area contributed by atoms with Crippen LogP contribution in [0.2, 0.25) is 0 Å². The Morgan fingerprint density at radius 1 is 0.533 bits per heavy atom. The summed E-state index contributed by atoms with van der Waals surface area (Å²) in [4.78, 5) is 0. The Labute approximate surface area is 112 Å². The van der Waals surface area contributed by atoms with E-state index in [1.807, 2.05) is 48.5 Å². The quantitative estimate of drug-likeness (QED) is 0.555. The summed E-state index contributed by atoms with van der Waals surface area (Å²) in [6, 6.07) is 15.6. The number of nitrogen functional groups attached to an aromatic ring is 2. The van der Waals surface area contributed by atoms with Gasteiger partial charge in [-0.3, -0.25) is 0 Å². The number of hydrogen-bond acceptors (Lipinski definition) is 2. The minimum absolute atomic E-state index is 0. The van der Waals surface area contributed by atoms with Gasteiger partial charge in [-0.05, 0) is 35.4 Å². The van der Waals surface area contributed by atoms with E-state index in [0.29, 0.717) is 0 Å². The molecule has 0 radical (unpaired) electrons. The van der Waals surface area contributed by atoms with Crippen LogP contribution in [-0.2, 0) is 0 Å². The molecule has 0 spiro atoms. The molecule has 0 aliphatic rings. The topological polar surface area (TPSA) is 52.0 Å². The second-order valence-electron chi connectivity index (χ2n) is 3.24. The first-order chi connectivity index (χ1) is 6.75. The molecular formula is C12H13N2Na. The monoisotopic (exact) mass is 208 g/mol. The minimum atomic E-state index is 0. The van der Waals surface area contributed by atoms with Crippen molar-refractivity contribution < 1.29 is 0 Å². The van der Waals surface area contributed by atoms with Crippen LogP contribution in [0.25, 0.3) is 11.1 Å². The van der Waals surface area contributed by atoms with Crippen LogP contribution in [-0.4, -0.2) is 29.6 Å². The van der Waals surface area contributed by atoms with Crippen LogP contribution in [0.3, 0.4) is 0 Å².